The predicted octanol–water partition coefficient (Wildman–Crippen LogP) is 2.51. The number of ether oxygens (including phenoxy) is 2. The number of methoxy groups -OCH3 is 1. The van der Waals surface area contributed by atoms with E-state index in [0.717, 1.165) is 0 Å². The monoisotopic (exact) mass is 602 g/mol. The van der Waals surface area contributed by atoms with Gasteiger partial charge >= 0.3 is 12.1 Å². The van der Waals surface area contributed by atoms with Crippen LogP contribution in [0.15, 0.2) is 24.3 Å². The average Bonchev–Trinajstić information content (AvgIpc) is 3.61. The minimum absolute atomic E-state index is 0.0698. The minimum atomic E-state index is -1.04. The first-order valence-electron chi connectivity index (χ1n) is 15.0. The molecular weight excluding hydrogens is 556 g/mol. The van der Waals surface area contributed by atoms with E-state index in [9.17, 15) is 29.1 Å². The summed E-state index contributed by atoms with van der Waals surface area (Å²) in [6.45, 7) is 9.73. The Kier molecular flexibility index (Phi) is 11.4. The van der Waals surface area contributed by atoms with Gasteiger partial charge in [0.05, 0.1) is 7.11 Å². The van der Waals surface area contributed by atoms with Crippen LogP contribution in [0, 0.1) is 5.92 Å². The van der Waals surface area contributed by atoms with E-state index in [-0.39, 0.29) is 24.0 Å². The van der Waals surface area contributed by atoms with Gasteiger partial charge in [0.15, 0.2) is 0 Å². The number of esters is 1. The molecular formula is C31H46N4O8. The second-order valence-electron chi connectivity index (χ2n) is 12.7. The Morgan fingerprint density at radius 1 is 0.907 bits per heavy atom. The maximum atomic E-state index is 13.9. The van der Waals surface area contributed by atoms with Crippen molar-refractivity contribution in [2.24, 2.45) is 5.92 Å². The number of nitrogens with one attached hydrogen (secondary N) is 2. The molecule has 2 aliphatic rings. The lowest BCUT2D eigenvalue weighted by Gasteiger charge is -2.32. The van der Waals surface area contributed by atoms with Crippen LogP contribution in [0.25, 0.3) is 0 Å². The van der Waals surface area contributed by atoms with Gasteiger partial charge in [-0.05, 0) is 76.5 Å². The molecule has 1 aromatic rings. The van der Waals surface area contributed by atoms with Crippen molar-refractivity contribution in [1.82, 2.24) is 20.4 Å². The van der Waals surface area contributed by atoms with E-state index in [1.807, 2.05) is 13.8 Å². The standard InChI is InChI=1S/C31H46N4O8/c1-19(2)17-22(27(38)35-16-8-10-25(35)29(40)42-6)32-26(37)24-9-7-15-34(24)28(39)23(33-30(41)43-31(3,4)5)18-20-11-13-21(36)14-12-20/h11-14,19,22-25,36H,7-10,15-18H2,1-6H3,(H,32,37)(H,33,41)/t22-,23-,24-,25-/m0/s1. The van der Waals surface area contributed by atoms with E-state index >= 15 is 0 Å². The fraction of sp³-hybridized carbons (Fsp3) is 0.645. The molecule has 0 saturated carbocycles. The number of benzene rings is 1. The number of alkyl carbamates (subject to hydrolysis) is 1. The molecule has 0 unspecified atom stereocenters. The molecule has 4 amide bonds. The summed E-state index contributed by atoms with van der Waals surface area (Å²) < 4.78 is 10.3. The molecule has 43 heavy (non-hydrogen) atoms. The Labute approximate surface area is 253 Å². The lowest BCUT2D eigenvalue weighted by molar-refractivity contribution is -0.152. The zero-order valence-electron chi connectivity index (χ0n) is 26.1. The molecule has 0 radical (unpaired) electrons. The second kappa shape index (κ2) is 14.6. The first-order chi connectivity index (χ1) is 20.2. The zero-order chi connectivity index (χ0) is 31.9. The molecule has 0 bridgehead atoms. The molecule has 3 N–H and O–H groups in total. The number of nitrogens with zero attached hydrogens (tertiary/aromatic N) is 2. The molecule has 2 fully saturated rings. The van der Waals surface area contributed by atoms with Gasteiger partial charge in [-0.15, -0.1) is 0 Å². The quantitative estimate of drug-likeness (QED) is 0.345. The van der Waals surface area contributed by atoms with Crippen molar-refractivity contribution >= 4 is 29.8 Å². The first-order valence-corrected chi connectivity index (χ1v) is 15.0. The summed E-state index contributed by atoms with van der Waals surface area (Å²) in [5.41, 5.74) is -0.0901. The molecule has 238 valence electrons. The van der Waals surface area contributed by atoms with Gasteiger partial charge in [0.1, 0.15) is 35.5 Å². The highest BCUT2D eigenvalue weighted by molar-refractivity contribution is 5.95. The Morgan fingerprint density at radius 3 is 2.02 bits per heavy atom. The van der Waals surface area contributed by atoms with Crippen molar-refractivity contribution in [2.45, 2.75) is 103 Å². The highest BCUT2D eigenvalue weighted by Gasteiger charge is 2.42. The van der Waals surface area contributed by atoms with E-state index in [0.29, 0.717) is 50.8 Å². The Balaban J connectivity index is 1.79. The summed E-state index contributed by atoms with van der Waals surface area (Å²) in [7, 11) is 1.29. The maximum Gasteiger partial charge on any atom is 0.408 e. The number of likely N-dealkylation sites (tertiary alicyclic amines) is 2. The summed E-state index contributed by atoms with van der Waals surface area (Å²) in [4.78, 5) is 69.1. The van der Waals surface area contributed by atoms with Gasteiger partial charge < -0.3 is 35.0 Å². The van der Waals surface area contributed by atoms with Crippen LogP contribution in [0.5, 0.6) is 5.75 Å². The lowest BCUT2D eigenvalue weighted by atomic mass is 10.0. The summed E-state index contributed by atoms with van der Waals surface area (Å²) in [5, 5.41) is 15.2. The lowest BCUT2D eigenvalue weighted by Crippen LogP contribution is -2.58. The van der Waals surface area contributed by atoms with Crippen LogP contribution >= 0.6 is 0 Å². The molecule has 2 heterocycles. The van der Waals surface area contributed by atoms with Crippen LogP contribution in [0.4, 0.5) is 4.79 Å². The second-order valence-corrected chi connectivity index (χ2v) is 12.7. The van der Waals surface area contributed by atoms with Crippen LogP contribution in [0.2, 0.25) is 0 Å². The molecule has 1 aromatic carbocycles. The van der Waals surface area contributed by atoms with E-state index in [1.54, 1.807) is 32.9 Å². The average molecular weight is 603 g/mol. The van der Waals surface area contributed by atoms with Crippen molar-refractivity contribution in [3.05, 3.63) is 29.8 Å². The third-order valence-electron chi connectivity index (χ3n) is 7.53. The fourth-order valence-corrected chi connectivity index (χ4v) is 5.59. The number of phenols is 1. The van der Waals surface area contributed by atoms with Crippen LogP contribution in [-0.2, 0) is 35.1 Å². The fourth-order valence-electron chi connectivity index (χ4n) is 5.59. The number of carbonyl (C=O) groups is 5. The highest BCUT2D eigenvalue weighted by Crippen LogP contribution is 2.24. The maximum absolute atomic E-state index is 13.9. The van der Waals surface area contributed by atoms with Gasteiger partial charge in [0, 0.05) is 19.5 Å². The Morgan fingerprint density at radius 2 is 1.47 bits per heavy atom. The van der Waals surface area contributed by atoms with Gasteiger partial charge in [0.25, 0.3) is 0 Å². The molecule has 12 nitrogen and oxygen atoms in total. The Hall–Kier alpha value is -3.83. The molecule has 0 spiro atoms. The number of hydrogen-bond donors (Lipinski definition) is 3. The van der Waals surface area contributed by atoms with Gasteiger partial charge in [0.2, 0.25) is 17.7 Å². The predicted molar refractivity (Wildman–Crippen MR) is 158 cm³/mol. The summed E-state index contributed by atoms with van der Waals surface area (Å²) in [6, 6.07) is 2.86. The SMILES string of the molecule is COC(=O)[C@@H]1CCCN1C(=O)[C@H](CC(C)C)NC(=O)[C@@H]1CCCN1C(=O)[C@H](Cc1ccc(O)cc1)NC(=O)OC(C)(C)C. The summed E-state index contributed by atoms with van der Waals surface area (Å²) in [5.74, 6) is -1.59. The number of aromatic hydroxyl groups is 1. The van der Waals surface area contributed by atoms with Gasteiger partial charge in [-0.1, -0.05) is 26.0 Å². The largest absolute Gasteiger partial charge is 0.508 e. The van der Waals surface area contributed by atoms with Crippen molar-refractivity contribution < 1.29 is 38.6 Å². The van der Waals surface area contributed by atoms with E-state index < -0.39 is 53.6 Å². The van der Waals surface area contributed by atoms with Crippen LogP contribution in [0.3, 0.4) is 0 Å². The van der Waals surface area contributed by atoms with Crippen LogP contribution in [-0.4, -0.2) is 94.7 Å². The normalized spacial score (nSPS) is 20.0. The third-order valence-corrected chi connectivity index (χ3v) is 7.53. The molecule has 2 aliphatic heterocycles. The van der Waals surface area contributed by atoms with Crippen molar-refractivity contribution in [1.29, 1.82) is 0 Å². The number of carbonyl (C=O) groups excluding carboxylic acids is 5. The summed E-state index contributed by atoms with van der Waals surface area (Å²) >= 11 is 0. The third kappa shape index (κ3) is 9.33. The molecule has 3 rings (SSSR count). The van der Waals surface area contributed by atoms with E-state index in [4.69, 9.17) is 9.47 Å². The van der Waals surface area contributed by atoms with Crippen LogP contribution < -0.4 is 10.6 Å². The molecule has 4 atom stereocenters. The first kappa shape index (κ1) is 33.7. The van der Waals surface area contributed by atoms with Crippen molar-refractivity contribution in [3.63, 3.8) is 0 Å². The van der Waals surface area contributed by atoms with Crippen molar-refractivity contribution in [3.8, 4) is 5.75 Å². The highest BCUT2D eigenvalue weighted by atomic mass is 16.6. The van der Waals surface area contributed by atoms with Crippen LogP contribution in [0.1, 0.15) is 72.3 Å². The molecule has 0 aliphatic carbocycles. The molecule has 12 heteroatoms. The Bertz CT molecular complexity index is 1160. The van der Waals surface area contributed by atoms with Crippen molar-refractivity contribution in [2.75, 3.05) is 20.2 Å². The molecule has 2 saturated heterocycles. The number of hydrogen-bond acceptors (Lipinski definition) is 8. The van der Waals surface area contributed by atoms with Gasteiger partial charge in [-0.2, -0.15) is 0 Å². The minimum Gasteiger partial charge on any atom is -0.508 e. The van der Waals surface area contributed by atoms with Gasteiger partial charge in [-0.3, -0.25) is 14.4 Å². The number of phenolic OH excluding ortho intramolecular Hbond substituents is 1. The van der Waals surface area contributed by atoms with Gasteiger partial charge in [-0.25, -0.2) is 9.59 Å². The number of amides is 4. The summed E-state index contributed by atoms with van der Waals surface area (Å²) in [6.07, 6.45) is 1.83. The zero-order valence-corrected chi connectivity index (χ0v) is 26.1. The van der Waals surface area contributed by atoms with E-state index in [1.165, 1.54) is 29.0 Å². The topological polar surface area (TPSA) is 155 Å². The number of rotatable bonds is 10. The molecule has 0 aromatic heterocycles. The van der Waals surface area contributed by atoms with E-state index in [2.05, 4.69) is 10.6 Å². The smallest absolute Gasteiger partial charge is 0.408 e.